The van der Waals surface area contributed by atoms with E-state index in [4.69, 9.17) is 0 Å². The van der Waals surface area contributed by atoms with Gasteiger partial charge in [-0.2, -0.15) is 10.5 Å². The number of likely N-dealkylation sites (tertiary alicyclic amines) is 1. The van der Waals surface area contributed by atoms with Crippen molar-refractivity contribution in [2.45, 2.75) is 71.9 Å². The van der Waals surface area contributed by atoms with Crippen molar-refractivity contribution in [1.29, 1.82) is 10.5 Å². The second-order valence-electron chi connectivity index (χ2n) is 9.31. The Hall–Kier alpha value is -2.64. The van der Waals surface area contributed by atoms with E-state index in [-0.39, 0.29) is 29.4 Å². The van der Waals surface area contributed by atoms with Crippen LogP contribution in [-0.4, -0.2) is 47.0 Å². The van der Waals surface area contributed by atoms with E-state index in [0.717, 1.165) is 25.7 Å². The second-order valence-corrected chi connectivity index (χ2v) is 9.31. The predicted molar refractivity (Wildman–Crippen MR) is 122 cm³/mol. The Morgan fingerprint density at radius 1 is 1.32 bits per heavy atom. The number of nitriles is 2. The van der Waals surface area contributed by atoms with Crippen LogP contribution in [0, 0.1) is 34.0 Å². The lowest BCUT2D eigenvalue weighted by Gasteiger charge is -2.45. The van der Waals surface area contributed by atoms with Gasteiger partial charge in [-0.05, 0) is 49.7 Å². The number of nitrogens with one attached hydrogen (secondary N) is 2. The van der Waals surface area contributed by atoms with E-state index in [0.29, 0.717) is 30.4 Å². The largest absolute Gasteiger partial charge is 0.369 e. The van der Waals surface area contributed by atoms with Gasteiger partial charge in [-0.1, -0.05) is 34.1 Å². The van der Waals surface area contributed by atoms with E-state index in [9.17, 15) is 15.3 Å². The fraction of sp³-hybridized carbons (Fsp3) is 0.667. The maximum Gasteiger partial charge on any atom is 0.237 e. The SMILES string of the molecule is CCC1CC(C#N)N(C(=O)CNC(C)(CC)C(C)(C)CCNc2ncccc2C#N)C1. The first-order valence-corrected chi connectivity index (χ1v) is 11.2. The summed E-state index contributed by atoms with van der Waals surface area (Å²) in [6.45, 7) is 12.4. The molecule has 0 aliphatic carbocycles. The number of aromatic nitrogens is 1. The molecule has 0 bridgehead atoms. The zero-order valence-electron chi connectivity index (χ0n) is 19.5. The summed E-state index contributed by atoms with van der Waals surface area (Å²) < 4.78 is 0. The third kappa shape index (κ3) is 5.74. The van der Waals surface area contributed by atoms with Crippen molar-refractivity contribution in [3.8, 4) is 12.1 Å². The highest BCUT2D eigenvalue weighted by Gasteiger charge is 2.40. The van der Waals surface area contributed by atoms with Crippen LogP contribution in [0.2, 0.25) is 0 Å². The smallest absolute Gasteiger partial charge is 0.237 e. The highest BCUT2D eigenvalue weighted by molar-refractivity contribution is 5.79. The lowest BCUT2D eigenvalue weighted by molar-refractivity contribution is -0.131. The zero-order valence-corrected chi connectivity index (χ0v) is 19.5. The number of hydrogen-bond acceptors (Lipinski definition) is 6. The molecule has 3 atom stereocenters. The van der Waals surface area contributed by atoms with E-state index in [1.54, 1.807) is 23.2 Å². The van der Waals surface area contributed by atoms with Crippen molar-refractivity contribution in [3.63, 3.8) is 0 Å². The Balaban J connectivity index is 1.97. The maximum atomic E-state index is 12.9. The fourth-order valence-electron chi connectivity index (χ4n) is 4.24. The predicted octanol–water partition coefficient (Wildman–Crippen LogP) is 3.69. The molecule has 3 unspecified atom stereocenters. The van der Waals surface area contributed by atoms with E-state index in [2.05, 4.69) is 62.4 Å². The van der Waals surface area contributed by atoms with Crippen LogP contribution < -0.4 is 10.6 Å². The van der Waals surface area contributed by atoms with Crippen molar-refractivity contribution in [3.05, 3.63) is 23.9 Å². The zero-order chi connectivity index (χ0) is 23.1. The number of carbonyl (C=O) groups excluding carboxylic acids is 1. The van der Waals surface area contributed by atoms with Crippen molar-refractivity contribution < 1.29 is 4.79 Å². The quantitative estimate of drug-likeness (QED) is 0.593. The molecule has 0 radical (unpaired) electrons. The standard InChI is InChI=1S/C24H36N6O/c1-6-18-13-20(15-26)30(17-18)21(31)16-29-24(5,7-2)23(3,4)10-12-28-22-19(14-25)9-8-11-27-22/h8-9,11,18,20,29H,6-7,10,12-13,16-17H2,1-5H3,(H,27,28). The molecule has 0 saturated carbocycles. The van der Waals surface area contributed by atoms with Gasteiger partial charge in [0, 0.05) is 24.8 Å². The van der Waals surface area contributed by atoms with Gasteiger partial charge in [0.1, 0.15) is 17.9 Å². The number of anilines is 1. The Morgan fingerprint density at radius 3 is 2.68 bits per heavy atom. The van der Waals surface area contributed by atoms with Crippen LogP contribution in [0.4, 0.5) is 5.82 Å². The third-order valence-electron chi connectivity index (χ3n) is 7.24. The first kappa shape index (κ1) is 24.6. The number of nitrogens with zero attached hydrogens (tertiary/aromatic N) is 4. The van der Waals surface area contributed by atoms with Gasteiger partial charge in [0.25, 0.3) is 0 Å². The van der Waals surface area contributed by atoms with Crippen molar-refractivity contribution in [2.75, 3.05) is 25.0 Å². The molecule has 7 nitrogen and oxygen atoms in total. The molecule has 1 aliphatic heterocycles. The lowest BCUT2D eigenvalue weighted by atomic mass is 9.69. The molecule has 1 aromatic heterocycles. The first-order valence-electron chi connectivity index (χ1n) is 11.2. The summed E-state index contributed by atoms with van der Waals surface area (Å²) in [6.07, 6.45) is 5.14. The molecule has 2 rings (SSSR count). The van der Waals surface area contributed by atoms with Gasteiger partial charge in [-0.15, -0.1) is 0 Å². The third-order valence-corrected chi connectivity index (χ3v) is 7.24. The van der Waals surface area contributed by atoms with Gasteiger partial charge < -0.3 is 15.5 Å². The Kier molecular flexibility index (Phi) is 8.42. The number of amides is 1. The molecule has 2 heterocycles. The molecule has 1 saturated heterocycles. The summed E-state index contributed by atoms with van der Waals surface area (Å²) in [5.74, 6) is 1.02. The normalized spacial score (nSPS) is 20.5. The molecule has 0 aromatic carbocycles. The van der Waals surface area contributed by atoms with Gasteiger partial charge in [0.15, 0.2) is 0 Å². The number of carbonyl (C=O) groups is 1. The maximum absolute atomic E-state index is 12.9. The van der Waals surface area contributed by atoms with Crippen molar-refractivity contribution in [1.82, 2.24) is 15.2 Å². The minimum absolute atomic E-state index is 0.00301. The fourth-order valence-corrected chi connectivity index (χ4v) is 4.24. The highest BCUT2D eigenvalue weighted by Crippen LogP contribution is 2.37. The number of pyridine rings is 1. The van der Waals surface area contributed by atoms with E-state index >= 15 is 0 Å². The molecular formula is C24H36N6O. The molecular weight excluding hydrogens is 388 g/mol. The summed E-state index contributed by atoms with van der Waals surface area (Å²) in [4.78, 5) is 18.9. The van der Waals surface area contributed by atoms with Crippen LogP contribution in [0.1, 0.15) is 65.9 Å². The van der Waals surface area contributed by atoms with Gasteiger partial charge in [-0.3, -0.25) is 4.79 Å². The minimum Gasteiger partial charge on any atom is -0.369 e. The van der Waals surface area contributed by atoms with Crippen LogP contribution >= 0.6 is 0 Å². The van der Waals surface area contributed by atoms with Crippen molar-refractivity contribution >= 4 is 11.7 Å². The molecule has 7 heteroatoms. The summed E-state index contributed by atoms with van der Waals surface area (Å²) in [6, 6.07) is 7.65. The monoisotopic (exact) mass is 424 g/mol. The molecule has 1 aliphatic rings. The minimum atomic E-state index is -0.308. The lowest BCUT2D eigenvalue weighted by Crippen LogP contribution is -2.56. The molecule has 1 fully saturated rings. The number of hydrogen-bond donors (Lipinski definition) is 2. The topological polar surface area (TPSA) is 105 Å². The molecule has 2 N–H and O–H groups in total. The van der Waals surface area contributed by atoms with Crippen LogP contribution in [0.25, 0.3) is 0 Å². The van der Waals surface area contributed by atoms with Gasteiger partial charge in [-0.25, -0.2) is 4.98 Å². The van der Waals surface area contributed by atoms with Crippen LogP contribution in [0.5, 0.6) is 0 Å². The molecule has 1 amide bonds. The second kappa shape index (κ2) is 10.6. The summed E-state index contributed by atoms with van der Waals surface area (Å²) in [7, 11) is 0. The average Bonchev–Trinajstić information content (AvgIpc) is 3.21. The van der Waals surface area contributed by atoms with Crippen LogP contribution in [0.15, 0.2) is 18.3 Å². The van der Waals surface area contributed by atoms with Crippen LogP contribution in [-0.2, 0) is 4.79 Å². The van der Waals surface area contributed by atoms with Gasteiger partial charge in [0.05, 0.1) is 18.2 Å². The van der Waals surface area contributed by atoms with Gasteiger partial charge in [0.2, 0.25) is 5.91 Å². The van der Waals surface area contributed by atoms with E-state index in [1.165, 1.54) is 0 Å². The first-order chi connectivity index (χ1) is 14.7. The summed E-state index contributed by atoms with van der Waals surface area (Å²) in [5, 5.41) is 25.5. The van der Waals surface area contributed by atoms with Gasteiger partial charge >= 0.3 is 0 Å². The Labute approximate surface area is 186 Å². The van der Waals surface area contributed by atoms with E-state index in [1.807, 2.05) is 0 Å². The Morgan fingerprint density at radius 2 is 2.06 bits per heavy atom. The van der Waals surface area contributed by atoms with Crippen molar-refractivity contribution in [2.24, 2.45) is 11.3 Å². The average molecular weight is 425 g/mol. The Bertz CT molecular complexity index is 839. The molecule has 31 heavy (non-hydrogen) atoms. The van der Waals surface area contributed by atoms with E-state index < -0.39 is 0 Å². The van der Waals surface area contributed by atoms with Crippen LogP contribution in [0.3, 0.4) is 0 Å². The molecule has 1 aromatic rings. The summed E-state index contributed by atoms with van der Waals surface area (Å²) in [5.41, 5.74) is 0.145. The number of rotatable bonds is 10. The molecule has 168 valence electrons. The summed E-state index contributed by atoms with van der Waals surface area (Å²) >= 11 is 0. The molecule has 0 spiro atoms. The highest BCUT2D eigenvalue weighted by atomic mass is 16.2.